The molecule has 0 N–H and O–H groups in total. The lowest BCUT2D eigenvalue weighted by Crippen LogP contribution is -2.04. The van der Waals surface area contributed by atoms with Gasteiger partial charge in [0.15, 0.2) is 0 Å². The Morgan fingerprint density at radius 3 is 2.32 bits per heavy atom. The second-order valence-corrected chi connectivity index (χ2v) is 7.16. The van der Waals surface area contributed by atoms with Crippen molar-refractivity contribution in [2.45, 2.75) is 37.8 Å². The van der Waals surface area contributed by atoms with Crippen LogP contribution in [-0.4, -0.2) is 11.6 Å². The Bertz CT molecular complexity index is 903. The van der Waals surface area contributed by atoms with Crippen LogP contribution in [0.25, 0.3) is 11.5 Å². The summed E-state index contributed by atoms with van der Waals surface area (Å²) in [5.74, 6) is 1.05. The Morgan fingerprint density at radius 2 is 1.71 bits per heavy atom. The van der Waals surface area contributed by atoms with Crippen molar-refractivity contribution in [1.29, 1.82) is 0 Å². The predicted molar refractivity (Wildman–Crippen MR) is 103 cm³/mol. The van der Waals surface area contributed by atoms with Crippen LogP contribution >= 0.6 is 12.0 Å². The molecule has 7 heteroatoms. The third kappa shape index (κ3) is 5.17. The van der Waals surface area contributed by atoms with Gasteiger partial charge in [-0.1, -0.05) is 24.6 Å². The molecule has 0 fully saturated rings. The van der Waals surface area contributed by atoms with Crippen LogP contribution < -0.4 is 0 Å². The van der Waals surface area contributed by atoms with Crippen molar-refractivity contribution in [3.05, 3.63) is 71.1 Å². The first-order valence-corrected chi connectivity index (χ1v) is 9.63. The molecule has 0 bridgehead atoms. The smallest absolute Gasteiger partial charge is 0.416 e. The molecule has 0 unspecified atom stereocenters. The molecule has 0 aliphatic carbocycles. The monoisotopic (exact) mass is 407 g/mol. The standard InChI is InChI=1S/C21H20F3NO2S/c1-3-19-18(12-13-26-28-17-10-4-14(2)5-11-17)25-20(27-19)15-6-8-16(9-7-15)21(22,23)24/h4-11H,3,12-13H2,1-2H3. The van der Waals surface area contributed by atoms with Crippen LogP contribution in [0.15, 0.2) is 57.8 Å². The quantitative estimate of drug-likeness (QED) is 0.331. The molecule has 3 nitrogen and oxygen atoms in total. The lowest BCUT2D eigenvalue weighted by Gasteiger charge is -2.06. The zero-order chi connectivity index (χ0) is 20.1. The average molecular weight is 407 g/mol. The van der Waals surface area contributed by atoms with Gasteiger partial charge in [-0.15, -0.1) is 0 Å². The summed E-state index contributed by atoms with van der Waals surface area (Å²) in [5, 5.41) is 0. The maximum atomic E-state index is 12.7. The van der Waals surface area contributed by atoms with Crippen LogP contribution in [0.1, 0.15) is 29.5 Å². The van der Waals surface area contributed by atoms with Gasteiger partial charge in [-0.25, -0.2) is 4.98 Å². The number of alkyl halides is 3. The Balaban J connectivity index is 1.63. The van der Waals surface area contributed by atoms with Crippen LogP contribution in [-0.2, 0) is 23.2 Å². The van der Waals surface area contributed by atoms with Crippen LogP contribution in [0.4, 0.5) is 13.2 Å². The highest BCUT2D eigenvalue weighted by Crippen LogP contribution is 2.31. The molecule has 2 aromatic carbocycles. The molecule has 0 amide bonds. The number of hydrogen-bond acceptors (Lipinski definition) is 4. The fourth-order valence-corrected chi connectivity index (χ4v) is 3.17. The van der Waals surface area contributed by atoms with Gasteiger partial charge in [-0.05, 0) is 43.3 Å². The number of benzene rings is 2. The number of rotatable bonds is 7. The highest BCUT2D eigenvalue weighted by molar-refractivity contribution is 7.94. The minimum absolute atomic E-state index is 0.326. The fourth-order valence-electron chi connectivity index (χ4n) is 2.62. The summed E-state index contributed by atoms with van der Waals surface area (Å²) in [4.78, 5) is 5.48. The second-order valence-electron chi connectivity index (χ2n) is 6.29. The summed E-state index contributed by atoms with van der Waals surface area (Å²) in [6.07, 6.45) is -3.15. The van der Waals surface area contributed by atoms with Crippen molar-refractivity contribution < 1.29 is 21.8 Å². The zero-order valence-electron chi connectivity index (χ0n) is 15.5. The van der Waals surface area contributed by atoms with E-state index in [2.05, 4.69) is 4.98 Å². The van der Waals surface area contributed by atoms with Gasteiger partial charge in [-0.3, -0.25) is 0 Å². The summed E-state index contributed by atoms with van der Waals surface area (Å²) >= 11 is 1.30. The average Bonchev–Trinajstić information content (AvgIpc) is 3.09. The van der Waals surface area contributed by atoms with Crippen LogP contribution in [0.3, 0.4) is 0 Å². The first-order chi connectivity index (χ1) is 13.4. The first-order valence-electron chi connectivity index (χ1n) is 8.89. The lowest BCUT2D eigenvalue weighted by atomic mass is 10.1. The van der Waals surface area contributed by atoms with Gasteiger partial charge >= 0.3 is 6.18 Å². The van der Waals surface area contributed by atoms with Gasteiger partial charge < -0.3 is 8.60 Å². The molecule has 0 atom stereocenters. The molecular formula is C21H20F3NO2S. The fraction of sp³-hybridized carbons (Fsp3) is 0.286. The van der Waals surface area contributed by atoms with E-state index < -0.39 is 11.7 Å². The van der Waals surface area contributed by atoms with Crippen molar-refractivity contribution in [2.24, 2.45) is 0 Å². The van der Waals surface area contributed by atoms with Gasteiger partial charge in [0.25, 0.3) is 0 Å². The zero-order valence-corrected chi connectivity index (χ0v) is 16.4. The van der Waals surface area contributed by atoms with E-state index >= 15 is 0 Å². The van der Waals surface area contributed by atoms with Crippen molar-refractivity contribution in [2.75, 3.05) is 6.61 Å². The minimum Gasteiger partial charge on any atom is -0.441 e. The predicted octanol–water partition coefficient (Wildman–Crippen LogP) is 6.50. The van der Waals surface area contributed by atoms with E-state index in [-0.39, 0.29) is 0 Å². The van der Waals surface area contributed by atoms with Crippen molar-refractivity contribution >= 4 is 12.0 Å². The number of nitrogens with zero attached hydrogens (tertiary/aromatic N) is 1. The molecular weight excluding hydrogens is 387 g/mol. The van der Waals surface area contributed by atoms with E-state index in [9.17, 15) is 13.2 Å². The minimum atomic E-state index is -4.36. The summed E-state index contributed by atoms with van der Waals surface area (Å²) < 4.78 is 49.5. The highest BCUT2D eigenvalue weighted by atomic mass is 32.2. The van der Waals surface area contributed by atoms with Crippen molar-refractivity contribution in [3.63, 3.8) is 0 Å². The molecule has 0 aliphatic rings. The van der Waals surface area contributed by atoms with Crippen molar-refractivity contribution in [3.8, 4) is 11.5 Å². The molecule has 28 heavy (non-hydrogen) atoms. The van der Waals surface area contributed by atoms with Gasteiger partial charge in [0.05, 0.1) is 17.9 Å². The Kier molecular flexibility index (Phi) is 6.46. The van der Waals surface area contributed by atoms with E-state index in [1.165, 1.54) is 29.7 Å². The van der Waals surface area contributed by atoms with Crippen LogP contribution in [0, 0.1) is 6.92 Å². The third-order valence-electron chi connectivity index (χ3n) is 4.16. The van der Waals surface area contributed by atoms with E-state index in [0.717, 1.165) is 28.5 Å². The van der Waals surface area contributed by atoms with Gasteiger partial charge in [0.2, 0.25) is 5.89 Å². The van der Waals surface area contributed by atoms with E-state index in [0.29, 0.717) is 30.9 Å². The van der Waals surface area contributed by atoms with Crippen molar-refractivity contribution in [1.82, 2.24) is 4.98 Å². The van der Waals surface area contributed by atoms with Crippen LogP contribution in [0.5, 0.6) is 0 Å². The number of halogens is 3. The van der Waals surface area contributed by atoms with Gasteiger partial charge in [0, 0.05) is 35.3 Å². The molecule has 0 spiro atoms. The highest BCUT2D eigenvalue weighted by Gasteiger charge is 2.30. The third-order valence-corrected chi connectivity index (χ3v) is 4.91. The largest absolute Gasteiger partial charge is 0.441 e. The summed E-state index contributed by atoms with van der Waals surface area (Å²) in [5.41, 5.74) is 1.78. The Hall–Kier alpha value is -2.25. The lowest BCUT2D eigenvalue weighted by molar-refractivity contribution is -0.137. The topological polar surface area (TPSA) is 35.3 Å². The molecule has 0 saturated heterocycles. The summed E-state index contributed by atoms with van der Waals surface area (Å²) in [6, 6.07) is 12.9. The number of hydrogen-bond donors (Lipinski definition) is 0. The normalized spacial score (nSPS) is 11.8. The molecule has 148 valence electrons. The van der Waals surface area contributed by atoms with E-state index in [4.69, 9.17) is 8.60 Å². The first kappa shape index (κ1) is 20.5. The Labute approximate surface area is 166 Å². The maximum Gasteiger partial charge on any atom is 0.416 e. The molecule has 0 aliphatic heterocycles. The molecule has 1 heterocycles. The molecule has 0 radical (unpaired) electrons. The van der Waals surface area contributed by atoms with E-state index in [1.54, 1.807) is 0 Å². The molecule has 1 aromatic heterocycles. The second kappa shape index (κ2) is 8.84. The molecule has 3 rings (SSSR count). The SMILES string of the molecule is CCc1oc(-c2ccc(C(F)(F)F)cc2)nc1CCOSc1ccc(C)cc1. The van der Waals surface area contributed by atoms with E-state index in [1.807, 2.05) is 38.1 Å². The van der Waals surface area contributed by atoms with Crippen LogP contribution in [0.2, 0.25) is 0 Å². The number of oxazole rings is 1. The number of aromatic nitrogens is 1. The number of aryl methyl sites for hydroxylation is 2. The molecule has 0 saturated carbocycles. The summed E-state index contributed by atoms with van der Waals surface area (Å²) in [6.45, 7) is 4.42. The Morgan fingerprint density at radius 1 is 1.04 bits per heavy atom. The maximum absolute atomic E-state index is 12.7. The van der Waals surface area contributed by atoms with Gasteiger partial charge in [-0.2, -0.15) is 13.2 Å². The summed E-state index contributed by atoms with van der Waals surface area (Å²) in [7, 11) is 0. The van der Waals surface area contributed by atoms with Gasteiger partial charge in [0.1, 0.15) is 5.76 Å². The molecule has 3 aromatic rings.